The number of nitrogens with zero attached hydrogens (tertiary/aromatic N) is 4. The molecule has 1 aliphatic rings. The van der Waals surface area contributed by atoms with Gasteiger partial charge in [-0.05, 0) is 29.8 Å². The molecule has 2 aromatic heterocycles. The molecule has 0 unspecified atom stereocenters. The van der Waals surface area contributed by atoms with E-state index in [-0.39, 0.29) is 0 Å². The van der Waals surface area contributed by atoms with Crippen molar-refractivity contribution in [2.45, 2.75) is 13.0 Å². The Bertz CT molecular complexity index is 1130. The van der Waals surface area contributed by atoms with Crippen LogP contribution in [0.2, 0.25) is 0 Å². The number of rotatable bonds is 4. The van der Waals surface area contributed by atoms with Crippen LogP contribution < -0.4 is 10.1 Å². The Morgan fingerprint density at radius 2 is 1.96 bits per heavy atom. The van der Waals surface area contributed by atoms with Gasteiger partial charge in [-0.2, -0.15) is 4.52 Å². The summed E-state index contributed by atoms with van der Waals surface area (Å²) in [6.07, 6.45) is 0.952. The summed E-state index contributed by atoms with van der Waals surface area (Å²) in [5.41, 5.74) is 4.06. The molecule has 2 aromatic carbocycles. The minimum Gasteiger partial charge on any atom is -0.493 e. The number of fused-ring (bicyclic) bond motifs is 2. The van der Waals surface area contributed by atoms with Gasteiger partial charge in [-0.3, -0.25) is 0 Å². The summed E-state index contributed by atoms with van der Waals surface area (Å²) in [4.78, 5) is 0. The van der Waals surface area contributed by atoms with Crippen molar-refractivity contribution < 1.29 is 4.74 Å². The largest absolute Gasteiger partial charge is 0.493 e. The van der Waals surface area contributed by atoms with Crippen LogP contribution in [0, 0.1) is 0 Å². The third-order valence-electron chi connectivity index (χ3n) is 4.58. The Morgan fingerprint density at radius 3 is 2.85 bits per heavy atom. The molecule has 134 valence electrons. The Labute approximate surface area is 164 Å². The summed E-state index contributed by atoms with van der Waals surface area (Å²) < 4.78 is 8.63. The van der Waals surface area contributed by atoms with Crippen LogP contribution in [-0.4, -0.2) is 26.4 Å². The highest BCUT2D eigenvalue weighted by Gasteiger charge is 2.17. The first-order chi connectivity index (χ1) is 13.3. The molecule has 0 bridgehead atoms. The molecular weight excluding hydrogens is 406 g/mol. The van der Waals surface area contributed by atoms with Gasteiger partial charge in [0.05, 0.1) is 6.61 Å². The van der Waals surface area contributed by atoms with E-state index in [4.69, 9.17) is 4.74 Å². The van der Waals surface area contributed by atoms with Gasteiger partial charge < -0.3 is 10.1 Å². The Balaban J connectivity index is 1.45. The number of hydrogen-bond acceptors (Lipinski definition) is 5. The molecule has 3 heterocycles. The third kappa shape index (κ3) is 3.04. The third-order valence-corrected chi connectivity index (χ3v) is 5.04. The van der Waals surface area contributed by atoms with Crippen molar-refractivity contribution in [1.29, 1.82) is 0 Å². The molecular formula is C20H16BrN5O. The van der Waals surface area contributed by atoms with Gasteiger partial charge in [0.2, 0.25) is 0 Å². The van der Waals surface area contributed by atoms with Crippen LogP contribution in [0.15, 0.2) is 59.1 Å². The van der Waals surface area contributed by atoms with Crippen LogP contribution in [0.25, 0.3) is 17.0 Å². The molecule has 0 spiro atoms. The van der Waals surface area contributed by atoms with Gasteiger partial charge in [-0.1, -0.05) is 46.3 Å². The molecule has 0 atom stereocenters. The van der Waals surface area contributed by atoms with E-state index < -0.39 is 0 Å². The first-order valence-corrected chi connectivity index (χ1v) is 9.53. The summed E-state index contributed by atoms with van der Waals surface area (Å²) in [5.74, 6) is 2.47. The second-order valence-electron chi connectivity index (χ2n) is 6.38. The van der Waals surface area contributed by atoms with Crippen LogP contribution in [0.4, 0.5) is 5.82 Å². The van der Waals surface area contributed by atoms with Crippen molar-refractivity contribution in [2.75, 3.05) is 11.9 Å². The van der Waals surface area contributed by atoms with Crippen LogP contribution in [0.5, 0.6) is 5.75 Å². The van der Waals surface area contributed by atoms with Gasteiger partial charge in [0.1, 0.15) is 11.6 Å². The second-order valence-corrected chi connectivity index (χ2v) is 7.30. The molecule has 0 saturated carbocycles. The lowest BCUT2D eigenvalue weighted by Crippen LogP contribution is -2.06. The van der Waals surface area contributed by atoms with Gasteiger partial charge in [-0.15, -0.1) is 15.3 Å². The minimum atomic E-state index is 0.628. The number of hydrogen-bond donors (Lipinski definition) is 1. The molecule has 7 heteroatoms. The highest BCUT2D eigenvalue weighted by molar-refractivity contribution is 9.10. The molecule has 0 saturated heterocycles. The Kier molecular flexibility index (Phi) is 4.01. The molecule has 0 fully saturated rings. The van der Waals surface area contributed by atoms with Crippen LogP contribution in [0.3, 0.4) is 0 Å². The fraction of sp³-hybridized carbons (Fsp3) is 0.150. The van der Waals surface area contributed by atoms with Gasteiger partial charge in [0.25, 0.3) is 0 Å². The summed E-state index contributed by atoms with van der Waals surface area (Å²) >= 11 is 3.59. The van der Waals surface area contributed by atoms with E-state index in [2.05, 4.69) is 48.7 Å². The molecule has 1 N–H and O–H groups in total. The van der Waals surface area contributed by atoms with E-state index in [0.29, 0.717) is 12.2 Å². The second kappa shape index (κ2) is 6.66. The molecule has 6 nitrogen and oxygen atoms in total. The molecule has 0 aliphatic carbocycles. The van der Waals surface area contributed by atoms with Crippen molar-refractivity contribution in [3.8, 4) is 17.1 Å². The van der Waals surface area contributed by atoms with Gasteiger partial charge in [-0.25, -0.2) is 0 Å². The van der Waals surface area contributed by atoms with Crippen molar-refractivity contribution in [3.05, 3.63) is 70.2 Å². The van der Waals surface area contributed by atoms with Crippen LogP contribution in [-0.2, 0) is 13.0 Å². The lowest BCUT2D eigenvalue weighted by Gasteiger charge is -2.11. The molecule has 4 aromatic rings. The SMILES string of the molecule is Brc1cc2c(c(CNc3ccc4nnc(-c5ccccc5)n4n3)c1)OCC2. The van der Waals surface area contributed by atoms with E-state index in [9.17, 15) is 0 Å². The van der Waals surface area contributed by atoms with Crippen LogP contribution >= 0.6 is 15.9 Å². The summed E-state index contributed by atoms with van der Waals surface area (Å²) in [5, 5.41) is 16.6. The molecule has 27 heavy (non-hydrogen) atoms. The zero-order chi connectivity index (χ0) is 18.2. The summed E-state index contributed by atoms with van der Waals surface area (Å²) in [6, 6.07) is 18.0. The maximum atomic E-state index is 5.80. The number of halogens is 1. The molecule has 0 amide bonds. The predicted molar refractivity (Wildman–Crippen MR) is 107 cm³/mol. The maximum Gasteiger partial charge on any atom is 0.185 e. The maximum absolute atomic E-state index is 5.80. The highest BCUT2D eigenvalue weighted by Crippen LogP contribution is 2.33. The molecule has 0 radical (unpaired) electrons. The number of anilines is 1. The van der Waals surface area contributed by atoms with Gasteiger partial charge in [0, 0.05) is 28.6 Å². The number of benzene rings is 2. The van der Waals surface area contributed by atoms with Crippen molar-refractivity contribution in [2.24, 2.45) is 0 Å². The standard InChI is InChI=1S/C20H16BrN5O/c21-16-10-14-8-9-27-19(14)15(11-16)12-22-17-6-7-18-23-24-20(26(18)25-17)13-4-2-1-3-5-13/h1-7,10-11H,8-9,12H2,(H,22,25). The lowest BCUT2D eigenvalue weighted by molar-refractivity contribution is 0.354. The lowest BCUT2D eigenvalue weighted by atomic mass is 10.1. The molecule has 1 aliphatic heterocycles. The average molecular weight is 422 g/mol. The van der Waals surface area contributed by atoms with E-state index >= 15 is 0 Å². The Morgan fingerprint density at radius 1 is 1.07 bits per heavy atom. The fourth-order valence-electron chi connectivity index (χ4n) is 3.31. The predicted octanol–water partition coefficient (Wildman–Crippen LogP) is 4.10. The Hall–Kier alpha value is -2.93. The summed E-state index contributed by atoms with van der Waals surface area (Å²) in [7, 11) is 0. The number of ether oxygens (including phenoxy) is 1. The van der Waals surface area contributed by atoms with Crippen LogP contribution in [0.1, 0.15) is 11.1 Å². The topological polar surface area (TPSA) is 64.3 Å². The minimum absolute atomic E-state index is 0.628. The van der Waals surface area contributed by atoms with Gasteiger partial charge >= 0.3 is 0 Å². The highest BCUT2D eigenvalue weighted by atomic mass is 79.9. The average Bonchev–Trinajstić information content (AvgIpc) is 3.33. The van der Waals surface area contributed by atoms with Crippen molar-refractivity contribution in [1.82, 2.24) is 19.8 Å². The number of nitrogens with one attached hydrogen (secondary N) is 1. The van der Waals surface area contributed by atoms with E-state index in [1.165, 1.54) is 5.56 Å². The van der Waals surface area contributed by atoms with E-state index in [0.717, 1.165) is 46.0 Å². The molecule has 5 rings (SSSR count). The van der Waals surface area contributed by atoms with Gasteiger partial charge in [0.15, 0.2) is 11.5 Å². The normalized spacial score (nSPS) is 12.8. The number of aromatic nitrogens is 4. The van der Waals surface area contributed by atoms with Crippen molar-refractivity contribution >= 4 is 27.4 Å². The zero-order valence-corrected chi connectivity index (χ0v) is 16.0. The van der Waals surface area contributed by atoms with E-state index in [1.807, 2.05) is 42.5 Å². The van der Waals surface area contributed by atoms with Crippen molar-refractivity contribution in [3.63, 3.8) is 0 Å². The zero-order valence-electron chi connectivity index (χ0n) is 14.4. The van der Waals surface area contributed by atoms with E-state index in [1.54, 1.807) is 4.52 Å². The monoisotopic (exact) mass is 421 g/mol. The smallest absolute Gasteiger partial charge is 0.185 e. The fourth-order valence-corrected chi connectivity index (χ4v) is 3.87. The first kappa shape index (κ1) is 16.3. The first-order valence-electron chi connectivity index (χ1n) is 8.74. The quantitative estimate of drug-likeness (QED) is 0.537. The summed E-state index contributed by atoms with van der Waals surface area (Å²) in [6.45, 7) is 1.37.